The minimum atomic E-state index is -4.13. The molecule has 0 aliphatic carbocycles. The Kier molecular flexibility index (Phi) is 9.54. The largest absolute Gasteiger partial charge is 0.494 e. The molecular formula is C27H30ClN3O5S. The van der Waals surface area contributed by atoms with Gasteiger partial charge in [-0.15, -0.1) is 0 Å². The molecule has 0 atom stereocenters. The second-order valence-corrected chi connectivity index (χ2v) is 10.3. The maximum Gasteiger partial charge on any atom is 0.264 e. The van der Waals surface area contributed by atoms with E-state index in [-0.39, 0.29) is 16.5 Å². The number of nitrogens with zero attached hydrogens (tertiary/aromatic N) is 2. The molecule has 0 unspecified atom stereocenters. The van der Waals surface area contributed by atoms with Crippen LogP contribution in [-0.2, 0) is 14.8 Å². The predicted octanol–water partition coefficient (Wildman–Crippen LogP) is 5.05. The minimum absolute atomic E-state index is 0.0179. The Balaban J connectivity index is 1.94. The zero-order valence-corrected chi connectivity index (χ0v) is 22.6. The van der Waals surface area contributed by atoms with E-state index in [1.807, 2.05) is 20.8 Å². The average molecular weight is 544 g/mol. The van der Waals surface area contributed by atoms with E-state index >= 15 is 0 Å². The zero-order chi connectivity index (χ0) is 27.0. The fourth-order valence-electron chi connectivity index (χ4n) is 3.70. The Labute approximate surface area is 222 Å². The van der Waals surface area contributed by atoms with E-state index in [4.69, 9.17) is 16.3 Å². The first-order chi connectivity index (χ1) is 17.7. The number of carbonyl (C=O) groups excluding carboxylic acids is 2. The van der Waals surface area contributed by atoms with Crippen LogP contribution in [0.5, 0.6) is 5.75 Å². The third-order valence-electron chi connectivity index (χ3n) is 5.61. The molecule has 0 aliphatic rings. The van der Waals surface area contributed by atoms with E-state index in [9.17, 15) is 18.0 Å². The number of para-hydroxylation sites is 1. The Morgan fingerprint density at radius 3 is 2.11 bits per heavy atom. The van der Waals surface area contributed by atoms with Gasteiger partial charge in [0.1, 0.15) is 12.3 Å². The van der Waals surface area contributed by atoms with E-state index in [0.29, 0.717) is 41.7 Å². The Morgan fingerprint density at radius 1 is 0.892 bits per heavy atom. The number of hydrogen-bond acceptors (Lipinski definition) is 5. The van der Waals surface area contributed by atoms with Crippen LogP contribution in [0.25, 0.3) is 0 Å². The zero-order valence-electron chi connectivity index (χ0n) is 21.0. The number of sulfonamides is 1. The van der Waals surface area contributed by atoms with E-state index in [1.54, 1.807) is 53.4 Å². The van der Waals surface area contributed by atoms with Crippen LogP contribution in [0, 0.1) is 0 Å². The SMILES string of the molecule is CCOc1ccc(N(CC(=O)Nc2ccccc2C(=O)N(CC)CC)S(=O)(=O)c2ccc(Cl)cc2)cc1. The highest BCUT2D eigenvalue weighted by atomic mass is 35.5. The van der Waals surface area contributed by atoms with Gasteiger partial charge in [-0.05, 0) is 81.4 Å². The van der Waals surface area contributed by atoms with Crippen molar-refractivity contribution in [1.29, 1.82) is 0 Å². The van der Waals surface area contributed by atoms with Crippen molar-refractivity contribution < 1.29 is 22.7 Å². The first kappa shape index (κ1) is 28.0. The molecule has 0 spiro atoms. The van der Waals surface area contributed by atoms with Crippen LogP contribution in [0.15, 0.2) is 77.7 Å². The van der Waals surface area contributed by atoms with E-state index in [0.717, 1.165) is 4.31 Å². The number of carbonyl (C=O) groups is 2. The van der Waals surface area contributed by atoms with Crippen molar-refractivity contribution in [2.75, 3.05) is 35.9 Å². The molecule has 37 heavy (non-hydrogen) atoms. The molecule has 0 radical (unpaired) electrons. The van der Waals surface area contributed by atoms with Crippen LogP contribution in [0.1, 0.15) is 31.1 Å². The summed E-state index contributed by atoms with van der Waals surface area (Å²) in [6, 6.07) is 18.8. The summed E-state index contributed by atoms with van der Waals surface area (Å²) in [6.07, 6.45) is 0. The fraction of sp³-hybridized carbons (Fsp3) is 0.259. The molecule has 8 nitrogen and oxygen atoms in total. The topological polar surface area (TPSA) is 96.0 Å². The molecule has 0 fully saturated rings. The fourth-order valence-corrected chi connectivity index (χ4v) is 5.25. The lowest BCUT2D eigenvalue weighted by molar-refractivity contribution is -0.114. The van der Waals surface area contributed by atoms with Gasteiger partial charge in [0.2, 0.25) is 5.91 Å². The van der Waals surface area contributed by atoms with E-state index in [2.05, 4.69) is 5.32 Å². The van der Waals surface area contributed by atoms with Gasteiger partial charge in [0.05, 0.1) is 28.4 Å². The lowest BCUT2D eigenvalue weighted by Gasteiger charge is -2.25. The Morgan fingerprint density at radius 2 is 1.51 bits per heavy atom. The Hall–Kier alpha value is -3.56. The molecular weight excluding hydrogens is 514 g/mol. The lowest BCUT2D eigenvalue weighted by atomic mass is 10.1. The van der Waals surface area contributed by atoms with E-state index in [1.165, 1.54) is 24.3 Å². The number of nitrogens with one attached hydrogen (secondary N) is 1. The van der Waals surface area contributed by atoms with Gasteiger partial charge in [-0.3, -0.25) is 13.9 Å². The summed E-state index contributed by atoms with van der Waals surface area (Å²) in [5, 5.41) is 3.11. The van der Waals surface area contributed by atoms with E-state index < -0.39 is 22.5 Å². The molecule has 0 bridgehead atoms. The number of ether oxygens (including phenoxy) is 1. The molecule has 10 heteroatoms. The molecule has 3 rings (SSSR count). The summed E-state index contributed by atoms with van der Waals surface area (Å²) < 4.78 is 33.7. The molecule has 1 N–H and O–H groups in total. The second-order valence-electron chi connectivity index (χ2n) is 7.96. The standard InChI is InChI=1S/C27H30ClN3O5S/c1-4-30(5-2)27(33)24-9-7-8-10-25(24)29-26(32)19-31(21-13-15-22(16-14-21)36-6-3)37(34,35)23-17-11-20(28)12-18-23/h7-18H,4-6,19H2,1-3H3,(H,29,32). The van der Waals surface area contributed by atoms with Crippen LogP contribution in [0.2, 0.25) is 5.02 Å². The second kappa shape index (κ2) is 12.6. The molecule has 2 amide bonds. The first-order valence-corrected chi connectivity index (χ1v) is 13.7. The molecule has 3 aromatic rings. The van der Waals surface area contributed by atoms with Gasteiger partial charge >= 0.3 is 0 Å². The number of hydrogen-bond donors (Lipinski definition) is 1. The molecule has 0 aliphatic heterocycles. The minimum Gasteiger partial charge on any atom is -0.494 e. The number of rotatable bonds is 11. The van der Waals surface area contributed by atoms with Gasteiger partial charge in [-0.2, -0.15) is 0 Å². The third-order valence-corrected chi connectivity index (χ3v) is 7.65. The van der Waals surface area contributed by atoms with Gasteiger partial charge in [-0.25, -0.2) is 8.42 Å². The molecule has 0 saturated heterocycles. The van der Waals surface area contributed by atoms with Crippen LogP contribution in [0.4, 0.5) is 11.4 Å². The van der Waals surface area contributed by atoms with Gasteiger partial charge in [0.25, 0.3) is 15.9 Å². The van der Waals surface area contributed by atoms with Crippen LogP contribution in [-0.4, -0.2) is 51.4 Å². The normalized spacial score (nSPS) is 11.0. The first-order valence-electron chi connectivity index (χ1n) is 11.9. The monoisotopic (exact) mass is 543 g/mol. The quantitative estimate of drug-likeness (QED) is 0.365. The van der Waals surface area contributed by atoms with Gasteiger partial charge in [-0.1, -0.05) is 23.7 Å². The number of amides is 2. The average Bonchev–Trinajstić information content (AvgIpc) is 2.89. The highest BCUT2D eigenvalue weighted by Crippen LogP contribution is 2.27. The molecule has 0 heterocycles. The number of benzene rings is 3. The van der Waals surface area contributed by atoms with Gasteiger partial charge < -0.3 is 15.0 Å². The van der Waals surface area contributed by atoms with Crippen molar-refractivity contribution in [3.8, 4) is 5.75 Å². The summed E-state index contributed by atoms with van der Waals surface area (Å²) in [5.74, 6) is -0.257. The van der Waals surface area contributed by atoms with Crippen LogP contribution in [0.3, 0.4) is 0 Å². The van der Waals surface area contributed by atoms with Crippen LogP contribution < -0.4 is 14.4 Å². The third kappa shape index (κ3) is 6.81. The predicted molar refractivity (Wildman–Crippen MR) is 146 cm³/mol. The Bertz CT molecular complexity index is 1320. The maximum atomic E-state index is 13.6. The number of anilines is 2. The highest BCUT2D eigenvalue weighted by molar-refractivity contribution is 7.92. The van der Waals surface area contributed by atoms with Crippen molar-refractivity contribution in [2.45, 2.75) is 25.7 Å². The van der Waals surface area contributed by atoms with Crippen molar-refractivity contribution in [1.82, 2.24) is 4.90 Å². The van der Waals surface area contributed by atoms with Crippen molar-refractivity contribution >= 4 is 44.8 Å². The summed E-state index contributed by atoms with van der Waals surface area (Å²) in [6.45, 7) is 6.56. The van der Waals surface area contributed by atoms with Crippen molar-refractivity contribution in [3.05, 3.63) is 83.4 Å². The smallest absolute Gasteiger partial charge is 0.264 e. The summed E-state index contributed by atoms with van der Waals surface area (Å²) in [4.78, 5) is 27.8. The summed E-state index contributed by atoms with van der Waals surface area (Å²) in [7, 11) is -4.13. The van der Waals surface area contributed by atoms with Crippen LogP contribution >= 0.6 is 11.6 Å². The maximum absolute atomic E-state index is 13.6. The highest BCUT2D eigenvalue weighted by Gasteiger charge is 2.28. The van der Waals surface area contributed by atoms with Gasteiger partial charge in [0, 0.05) is 18.1 Å². The molecule has 0 aromatic heterocycles. The number of halogens is 1. The lowest BCUT2D eigenvalue weighted by Crippen LogP contribution is -2.38. The summed E-state index contributed by atoms with van der Waals surface area (Å²) >= 11 is 5.95. The molecule has 0 saturated carbocycles. The molecule has 196 valence electrons. The van der Waals surface area contributed by atoms with Crippen molar-refractivity contribution in [3.63, 3.8) is 0 Å². The van der Waals surface area contributed by atoms with Crippen molar-refractivity contribution in [2.24, 2.45) is 0 Å². The van der Waals surface area contributed by atoms with Gasteiger partial charge in [0.15, 0.2) is 0 Å². The summed E-state index contributed by atoms with van der Waals surface area (Å²) in [5.41, 5.74) is 0.911. The molecule has 3 aromatic carbocycles.